The molecule has 2 aromatic rings. The van der Waals surface area contributed by atoms with Crippen molar-refractivity contribution in [2.45, 2.75) is 38.6 Å². The van der Waals surface area contributed by atoms with E-state index >= 15 is 0 Å². The zero-order valence-electron chi connectivity index (χ0n) is 13.5. The number of rotatable bonds is 3. The van der Waals surface area contributed by atoms with E-state index in [9.17, 15) is 9.36 Å². The largest absolute Gasteiger partial charge is 0.318 e. The number of allylic oxidation sites excluding steroid dienone is 2. The molecule has 2 aliphatic rings. The maximum atomic E-state index is 13.5. The van der Waals surface area contributed by atoms with Crippen LogP contribution in [-0.2, 0) is 4.57 Å². The van der Waals surface area contributed by atoms with Gasteiger partial charge in [0.05, 0.1) is 17.6 Å². The van der Waals surface area contributed by atoms with Crippen molar-refractivity contribution in [3.05, 3.63) is 46.4 Å². The lowest BCUT2D eigenvalue weighted by Gasteiger charge is -2.21. The second-order valence-electron chi connectivity index (χ2n) is 6.97. The summed E-state index contributed by atoms with van der Waals surface area (Å²) in [7, 11) is -2.50. The summed E-state index contributed by atoms with van der Waals surface area (Å²) in [6, 6.07) is 4.15. The van der Waals surface area contributed by atoms with Gasteiger partial charge in [-0.3, -0.25) is 4.79 Å². The Morgan fingerprint density at radius 1 is 1.17 bits per heavy atom. The fraction of sp³-hybridized carbons (Fsp3) is 0.444. The van der Waals surface area contributed by atoms with Gasteiger partial charge in [0.25, 0.3) is 5.56 Å². The maximum Gasteiger partial charge on any atom is 0.274 e. The molecular formula is C18H21N2O2P. The van der Waals surface area contributed by atoms with Crippen molar-refractivity contribution in [2.24, 2.45) is 0 Å². The number of aromatic nitrogens is 2. The van der Waals surface area contributed by atoms with Crippen molar-refractivity contribution in [3.63, 3.8) is 0 Å². The van der Waals surface area contributed by atoms with Crippen molar-refractivity contribution in [1.29, 1.82) is 0 Å². The summed E-state index contributed by atoms with van der Waals surface area (Å²) in [5.74, 6) is 0.270. The second kappa shape index (κ2) is 5.17. The molecule has 23 heavy (non-hydrogen) atoms. The van der Waals surface area contributed by atoms with E-state index in [4.69, 9.17) is 0 Å². The Kier molecular flexibility index (Phi) is 3.35. The molecule has 4 nitrogen and oxygen atoms in total. The fourth-order valence-electron chi connectivity index (χ4n) is 3.48. The first-order valence-electron chi connectivity index (χ1n) is 8.29. The van der Waals surface area contributed by atoms with Gasteiger partial charge in [-0.05, 0) is 30.4 Å². The average Bonchev–Trinajstić information content (AvgIpc) is 3.27. The quantitative estimate of drug-likeness (QED) is 0.641. The molecule has 0 atom stereocenters. The molecule has 0 unspecified atom stereocenters. The van der Waals surface area contributed by atoms with Gasteiger partial charge >= 0.3 is 0 Å². The molecule has 0 radical (unpaired) electrons. The molecule has 1 fully saturated rings. The lowest BCUT2D eigenvalue weighted by atomic mass is 10.0. The van der Waals surface area contributed by atoms with Crippen LogP contribution in [0.15, 0.2) is 35.3 Å². The van der Waals surface area contributed by atoms with Crippen molar-refractivity contribution in [1.82, 2.24) is 9.78 Å². The summed E-state index contributed by atoms with van der Waals surface area (Å²) in [6.45, 7) is 4.22. The van der Waals surface area contributed by atoms with Crippen molar-refractivity contribution in [2.75, 3.05) is 12.3 Å². The van der Waals surface area contributed by atoms with Gasteiger partial charge < -0.3 is 4.57 Å². The van der Waals surface area contributed by atoms with Gasteiger partial charge in [0.15, 0.2) is 0 Å². The Hall–Kier alpha value is -1.67. The molecule has 2 heterocycles. The summed E-state index contributed by atoms with van der Waals surface area (Å²) < 4.78 is 15.1. The third-order valence-electron chi connectivity index (χ3n) is 4.89. The molecule has 0 spiro atoms. The maximum absolute atomic E-state index is 13.5. The summed E-state index contributed by atoms with van der Waals surface area (Å²) in [5.41, 5.74) is 1.05. The van der Waals surface area contributed by atoms with Crippen LogP contribution >= 0.6 is 7.14 Å². The molecule has 1 aromatic carbocycles. The average molecular weight is 328 g/mol. The van der Waals surface area contributed by atoms with E-state index in [0.29, 0.717) is 17.7 Å². The highest BCUT2D eigenvalue weighted by Gasteiger charge is 2.32. The van der Waals surface area contributed by atoms with E-state index in [1.807, 2.05) is 24.3 Å². The topological polar surface area (TPSA) is 52.0 Å². The lowest BCUT2D eigenvalue weighted by molar-refractivity contribution is 0.585. The van der Waals surface area contributed by atoms with Crippen LogP contribution in [0.1, 0.15) is 44.2 Å². The minimum Gasteiger partial charge on any atom is -0.318 e. The van der Waals surface area contributed by atoms with Crippen LogP contribution in [0, 0.1) is 0 Å². The predicted molar refractivity (Wildman–Crippen MR) is 94.5 cm³/mol. The highest BCUT2D eigenvalue weighted by atomic mass is 31.2. The third-order valence-corrected chi connectivity index (χ3v) is 7.80. The highest BCUT2D eigenvalue weighted by molar-refractivity contribution is 7.72. The third kappa shape index (κ3) is 2.31. The van der Waals surface area contributed by atoms with Gasteiger partial charge in [0, 0.05) is 23.0 Å². The lowest BCUT2D eigenvalue weighted by Crippen LogP contribution is -2.25. The van der Waals surface area contributed by atoms with E-state index < -0.39 is 7.14 Å². The van der Waals surface area contributed by atoms with E-state index in [0.717, 1.165) is 29.1 Å². The number of benzene rings is 1. The molecule has 0 saturated heterocycles. The molecule has 1 aliphatic heterocycles. The van der Waals surface area contributed by atoms with Gasteiger partial charge in [-0.25, -0.2) is 4.68 Å². The first kappa shape index (κ1) is 14.9. The molecule has 0 bridgehead atoms. The van der Waals surface area contributed by atoms with Crippen molar-refractivity contribution in [3.8, 4) is 0 Å². The first-order valence-corrected chi connectivity index (χ1v) is 10.4. The standard InChI is InChI=1S/C18H21N2O2P/c1-12(2)14-7-8-15-16(17(14)23(22)9-3-4-10-23)11-19-20(18(15)21)13-5-6-13/h3-4,7-8,11-13H,5-6,9-10H2,1-2H3. The van der Waals surface area contributed by atoms with Gasteiger partial charge in [0.2, 0.25) is 0 Å². The van der Waals surface area contributed by atoms with Crippen LogP contribution in [0.25, 0.3) is 10.8 Å². The smallest absolute Gasteiger partial charge is 0.274 e. The van der Waals surface area contributed by atoms with Crippen LogP contribution in [0.3, 0.4) is 0 Å². The Bertz CT molecular complexity index is 910. The monoisotopic (exact) mass is 328 g/mol. The van der Waals surface area contributed by atoms with Crippen LogP contribution in [-0.4, -0.2) is 22.1 Å². The molecule has 4 rings (SSSR count). The van der Waals surface area contributed by atoms with E-state index in [-0.39, 0.29) is 17.5 Å². The number of hydrogen-bond donors (Lipinski definition) is 0. The summed E-state index contributed by atoms with van der Waals surface area (Å²) in [6.07, 6.45) is 9.02. The summed E-state index contributed by atoms with van der Waals surface area (Å²) >= 11 is 0. The normalized spacial score (nSPS) is 19.8. The van der Waals surface area contributed by atoms with Crippen molar-refractivity contribution < 1.29 is 4.57 Å². The zero-order chi connectivity index (χ0) is 16.2. The molecule has 120 valence electrons. The van der Waals surface area contributed by atoms with Gasteiger partial charge in [0.1, 0.15) is 7.14 Å². The molecule has 1 aromatic heterocycles. The molecule has 0 N–H and O–H groups in total. The van der Waals surface area contributed by atoms with Crippen LogP contribution < -0.4 is 10.9 Å². The first-order chi connectivity index (χ1) is 11.0. The minimum atomic E-state index is -2.50. The summed E-state index contributed by atoms with van der Waals surface area (Å²) in [5, 5.41) is 6.74. The molecule has 5 heteroatoms. The highest BCUT2D eigenvalue weighted by Crippen LogP contribution is 2.51. The molecule has 0 amide bonds. The van der Waals surface area contributed by atoms with Gasteiger partial charge in [-0.2, -0.15) is 5.10 Å². The number of fused-ring (bicyclic) bond motifs is 1. The zero-order valence-corrected chi connectivity index (χ0v) is 14.4. The van der Waals surface area contributed by atoms with Gasteiger partial charge in [-0.15, -0.1) is 0 Å². The molecule has 1 aliphatic carbocycles. The van der Waals surface area contributed by atoms with Crippen LogP contribution in [0.5, 0.6) is 0 Å². The molecular weight excluding hydrogens is 307 g/mol. The van der Waals surface area contributed by atoms with Crippen molar-refractivity contribution >= 4 is 23.2 Å². The number of hydrogen-bond acceptors (Lipinski definition) is 3. The van der Waals surface area contributed by atoms with E-state index in [1.165, 1.54) is 0 Å². The predicted octanol–water partition coefficient (Wildman–Crippen LogP) is 3.41. The minimum absolute atomic E-state index is 0.0414. The molecule has 1 saturated carbocycles. The van der Waals surface area contributed by atoms with Crippen LogP contribution in [0.2, 0.25) is 0 Å². The fourth-order valence-corrected chi connectivity index (χ4v) is 6.40. The Morgan fingerprint density at radius 2 is 1.87 bits per heavy atom. The number of nitrogens with zero attached hydrogens (tertiary/aromatic N) is 2. The Morgan fingerprint density at radius 3 is 2.48 bits per heavy atom. The van der Waals surface area contributed by atoms with Gasteiger partial charge in [-0.1, -0.05) is 32.1 Å². The Labute approximate surface area is 135 Å². The van der Waals surface area contributed by atoms with Crippen LogP contribution in [0.4, 0.5) is 0 Å². The van der Waals surface area contributed by atoms with E-state index in [2.05, 4.69) is 18.9 Å². The van der Waals surface area contributed by atoms with E-state index in [1.54, 1.807) is 10.9 Å². The SMILES string of the molecule is CC(C)c1ccc2c(=O)n(C3CC3)ncc2c1P1(=O)CC=CC1. The second-order valence-corrected chi connectivity index (χ2v) is 9.93. The summed E-state index contributed by atoms with van der Waals surface area (Å²) in [4.78, 5) is 12.8. The Balaban J connectivity index is 2.04.